The number of nitrogens with zero attached hydrogens (tertiary/aromatic N) is 1. The van der Waals surface area contributed by atoms with E-state index in [0.717, 1.165) is 0 Å². The van der Waals surface area contributed by atoms with Gasteiger partial charge in [-0.2, -0.15) is 0 Å². The van der Waals surface area contributed by atoms with Crippen LogP contribution in [0.15, 0.2) is 24.3 Å². The highest BCUT2D eigenvalue weighted by atomic mass is 16.6. The molecule has 0 saturated heterocycles. The Bertz CT molecular complexity index is 1060. The zero-order chi connectivity index (χ0) is 22.0. The molecule has 2 heterocycles. The zero-order valence-electron chi connectivity index (χ0n) is 17.4. The predicted octanol–water partition coefficient (Wildman–Crippen LogP) is 3.85. The maximum Gasteiger partial charge on any atom is 0.307 e. The third-order valence-corrected chi connectivity index (χ3v) is 5.03. The topological polar surface area (TPSA) is 103 Å². The Morgan fingerprint density at radius 1 is 0.774 bits per heavy atom. The fraction of sp³-hybridized carbons (Fsp3) is 0.364. The second-order valence-corrected chi connectivity index (χ2v) is 7.01. The van der Waals surface area contributed by atoms with E-state index in [1.165, 1.54) is 12.1 Å². The summed E-state index contributed by atoms with van der Waals surface area (Å²) in [7, 11) is 0. The fourth-order valence-electron chi connectivity index (χ4n) is 3.43. The first kappa shape index (κ1) is 20.6. The summed E-state index contributed by atoms with van der Waals surface area (Å²) in [5.74, 6) is 1.29. The maximum absolute atomic E-state index is 13.1. The van der Waals surface area contributed by atoms with Gasteiger partial charge in [0.1, 0.15) is 37.7 Å². The second kappa shape index (κ2) is 8.63. The van der Waals surface area contributed by atoms with Gasteiger partial charge >= 0.3 is 5.69 Å². The number of nitroso groups, excluding NO2 is 1. The largest absolute Gasteiger partial charge is 0.486 e. The number of ketones is 2. The molecule has 0 atom stereocenters. The van der Waals surface area contributed by atoms with Crippen LogP contribution in [0.25, 0.3) is 0 Å². The van der Waals surface area contributed by atoms with Gasteiger partial charge in [0.15, 0.2) is 39.4 Å². The minimum Gasteiger partial charge on any atom is -0.486 e. The highest BCUT2D eigenvalue weighted by molar-refractivity contribution is 6.02. The van der Waals surface area contributed by atoms with Crippen molar-refractivity contribution in [2.24, 2.45) is 0 Å². The lowest BCUT2D eigenvalue weighted by Crippen LogP contribution is -2.20. The summed E-state index contributed by atoms with van der Waals surface area (Å²) in [6, 6.07) is 6.11. The number of benzene rings is 2. The van der Waals surface area contributed by atoms with Gasteiger partial charge in [0.25, 0.3) is 0 Å². The summed E-state index contributed by atoms with van der Waals surface area (Å²) in [5.41, 5.74) is 3.52. The Morgan fingerprint density at radius 2 is 1.23 bits per heavy atom. The summed E-state index contributed by atoms with van der Waals surface area (Å²) in [6.45, 7) is 4.90. The van der Waals surface area contributed by atoms with Gasteiger partial charge in [-0.15, -0.1) is 5.43 Å². The summed E-state index contributed by atoms with van der Waals surface area (Å²) in [6.07, 6.45) is 0.459. The molecule has 31 heavy (non-hydrogen) atoms. The van der Waals surface area contributed by atoms with Gasteiger partial charge in [-0.1, -0.05) is 13.8 Å². The Labute approximate surface area is 178 Å². The van der Waals surface area contributed by atoms with Crippen LogP contribution >= 0.6 is 0 Å². The molecule has 2 aliphatic rings. The highest BCUT2D eigenvalue weighted by Gasteiger charge is 2.30. The molecule has 0 fully saturated rings. The van der Waals surface area contributed by atoms with Crippen LogP contribution in [0.5, 0.6) is 23.0 Å². The molecule has 0 spiro atoms. The number of ether oxygens (including phenoxy) is 4. The lowest BCUT2D eigenvalue weighted by Gasteiger charge is -2.20. The van der Waals surface area contributed by atoms with Crippen molar-refractivity contribution in [3.05, 3.63) is 40.3 Å². The van der Waals surface area contributed by atoms with Crippen molar-refractivity contribution >= 4 is 22.9 Å². The number of hydrogen-bond acceptors (Lipinski definition) is 7. The first-order valence-corrected chi connectivity index (χ1v) is 10.2. The van der Waals surface area contributed by atoms with E-state index >= 15 is 0 Å². The monoisotopic (exact) mass is 427 g/mol. The van der Waals surface area contributed by atoms with Crippen LogP contribution in [0.2, 0.25) is 0 Å². The number of carbonyl (C=O) groups is 2. The number of carbonyl (C=O) groups excluding carboxylic acids is 2. The molecular weight excluding hydrogens is 404 g/mol. The van der Waals surface area contributed by atoms with Crippen molar-refractivity contribution in [3.63, 3.8) is 0 Å². The van der Waals surface area contributed by atoms with Crippen LogP contribution in [0, 0.1) is 4.91 Å². The Kier molecular flexibility index (Phi) is 5.75. The molecule has 4 rings (SSSR count). The maximum atomic E-state index is 13.1. The number of nitrogens with one attached hydrogen (secondary N) is 1. The van der Waals surface area contributed by atoms with Gasteiger partial charge in [-0.25, -0.2) is 0 Å². The van der Waals surface area contributed by atoms with Crippen molar-refractivity contribution in [1.29, 1.82) is 0 Å². The number of rotatable bonds is 7. The van der Waals surface area contributed by atoms with Crippen molar-refractivity contribution in [1.82, 2.24) is 0 Å². The first-order valence-electron chi connectivity index (χ1n) is 10.2. The third kappa shape index (κ3) is 4.03. The molecule has 0 unspecified atom stereocenters. The molecular formula is C22H23N2O7+. The van der Waals surface area contributed by atoms with Crippen LogP contribution in [0.3, 0.4) is 0 Å². The lowest BCUT2D eigenvalue weighted by atomic mass is 10.0. The molecule has 2 aliphatic heterocycles. The van der Waals surface area contributed by atoms with E-state index in [2.05, 4.69) is 5.43 Å². The molecule has 1 N–H and O–H groups in total. The summed E-state index contributed by atoms with van der Waals surface area (Å²) in [5, 5.41) is 0. The molecule has 0 aliphatic carbocycles. The molecule has 0 saturated carbocycles. The van der Waals surface area contributed by atoms with E-state index in [1.54, 1.807) is 26.0 Å². The normalized spacial score (nSPS) is 14.0. The Balaban J connectivity index is 1.74. The molecule has 0 bridgehead atoms. The number of hydrogen-bond donors (Lipinski definition) is 1. The van der Waals surface area contributed by atoms with Gasteiger partial charge in [0.05, 0.1) is 16.5 Å². The van der Waals surface area contributed by atoms with E-state index in [-0.39, 0.29) is 41.3 Å². The Hall–Kier alpha value is -3.62. The molecule has 9 nitrogen and oxygen atoms in total. The average molecular weight is 427 g/mol. The van der Waals surface area contributed by atoms with E-state index in [4.69, 9.17) is 18.9 Å². The van der Waals surface area contributed by atoms with E-state index in [0.29, 0.717) is 59.9 Å². The quantitative estimate of drug-likeness (QED) is 0.404. The van der Waals surface area contributed by atoms with Gasteiger partial charge in [0, 0.05) is 25.0 Å². The van der Waals surface area contributed by atoms with Crippen molar-refractivity contribution in [2.75, 3.05) is 31.9 Å². The summed E-state index contributed by atoms with van der Waals surface area (Å²) < 4.78 is 22.3. The minimum absolute atomic E-state index is 0.0703. The third-order valence-electron chi connectivity index (χ3n) is 5.03. The van der Waals surface area contributed by atoms with Crippen LogP contribution in [-0.2, 0) is 0 Å². The van der Waals surface area contributed by atoms with Crippen LogP contribution in [0.1, 0.15) is 47.4 Å². The van der Waals surface area contributed by atoms with Gasteiger partial charge in [0.2, 0.25) is 0 Å². The highest BCUT2D eigenvalue weighted by Crippen LogP contribution is 2.39. The standard InChI is InChI=1S/C22H22N2O7/c1-3-17(25)13-9-19-21(30-7-5-28-19)11-15(13)23-24(27)16-12-22-20(29-6-8-31-22)10-14(16)18(26)4-2/h9-12H,3-8H2,1-2H3/p+1. The summed E-state index contributed by atoms with van der Waals surface area (Å²) >= 11 is 0. The van der Waals surface area contributed by atoms with E-state index < -0.39 is 0 Å². The smallest absolute Gasteiger partial charge is 0.307 e. The predicted molar refractivity (Wildman–Crippen MR) is 111 cm³/mol. The van der Waals surface area contributed by atoms with Crippen molar-refractivity contribution in [3.8, 4) is 23.0 Å². The number of Topliss-reactive ketones (excluding diaryl/α,β-unsaturated/α-hetero) is 2. The minimum atomic E-state index is -0.221. The fourth-order valence-corrected chi connectivity index (χ4v) is 3.43. The zero-order valence-corrected chi connectivity index (χ0v) is 17.4. The molecule has 2 aromatic carbocycles. The Morgan fingerprint density at radius 3 is 1.77 bits per heavy atom. The molecule has 9 heteroatoms. The van der Waals surface area contributed by atoms with Crippen LogP contribution in [-0.4, -0.2) is 42.9 Å². The molecule has 2 aromatic rings. The van der Waals surface area contributed by atoms with Crippen LogP contribution < -0.4 is 24.4 Å². The number of hydrazine groups is 1. The number of anilines is 1. The number of fused-ring (bicyclic) bond motifs is 2. The lowest BCUT2D eigenvalue weighted by molar-refractivity contribution is -0.428. The molecule has 0 radical (unpaired) electrons. The van der Waals surface area contributed by atoms with Crippen molar-refractivity contribution in [2.45, 2.75) is 26.7 Å². The summed E-state index contributed by atoms with van der Waals surface area (Å²) in [4.78, 5) is 38.6. The van der Waals surface area contributed by atoms with Gasteiger partial charge in [-0.3, -0.25) is 9.59 Å². The second-order valence-electron chi connectivity index (χ2n) is 7.01. The molecule has 0 amide bonds. The molecule has 0 aromatic heterocycles. The SMILES string of the molecule is CCC(=O)c1cc2c(cc1N[N+](=O)c1cc3c(cc1C(=O)CC)OCCO3)OCCO2. The van der Waals surface area contributed by atoms with Crippen LogP contribution in [0.4, 0.5) is 11.4 Å². The van der Waals surface area contributed by atoms with Gasteiger partial charge in [-0.05, 0) is 6.07 Å². The molecule has 162 valence electrons. The van der Waals surface area contributed by atoms with E-state index in [1.807, 2.05) is 0 Å². The van der Waals surface area contributed by atoms with Gasteiger partial charge < -0.3 is 18.9 Å². The van der Waals surface area contributed by atoms with Crippen molar-refractivity contribution < 1.29 is 33.4 Å². The van der Waals surface area contributed by atoms with E-state index in [9.17, 15) is 14.5 Å². The first-order chi connectivity index (χ1) is 15.0. The average Bonchev–Trinajstić information content (AvgIpc) is 2.81.